The fraction of sp³-hybridized carbons (Fsp3) is 0.118. The molecule has 0 fully saturated rings. The van der Waals surface area contributed by atoms with Gasteiger partial charge in [0.2, 0.25) is 0 Å². The first kappa shape index (κ1) is 15.4. The number of carbonyl (C=O) groups excluding carboxylic acids is 1. The van der Waals surface area contributed by atoms with Crippen LogP contribution in [0.2, 0.25) is 0 Å². The lowest BCUT2D eigenvalue weighted by atomic mass is 10.2. The van der Waals surface area contributed by atoms with Crippen molar-refractivity contribution < 1.29 is 4.79 Å². The molecule has 23 heavy (non-hydrogen) atoms. The van der Waals surface area contributed by atoms with Gasteiger partial charge in [0.05, 0.1) is 11.9 Å². The minimum Gasteiger partial charge on any atom is -0.347 e. The molecule has 6 heteroatoms. The largest absolute Gasteiger partial charge is 0.347 e. The van der Waals surface area contributed by atoms with Gasteiger partial charge in [-0.1, -0.05) is 51.0 Å². The van der Waals surface area contributed by atoms with Gasteiger partial charge < -0.3 is 5.32 Å². The summed E-state index contributed by atoms with van der Waals surface area (Å²) in [5.74, 6) is -0.247. The number of nitrogens with zero attached hydrogens (tertiary/aromatic N) is 3. The molecule has 0 bridgehead atoms. The van der Waals surface area contributed by atoms with Crippen LogP contribution < -0.4 is 5.32 Å². The van der Waals surface area contributed by atoms with Crippen molar-refractivity contribution in [2.24, 2.45) is 0 Å². The molecular formula is C17H15BrN4O. The van der Waals surface area contributed by atoms with Gasteiger partial charge in [-0.25, -0.2) is 4.68 Å². The van der Waals surface area contributed by atoms with Gasteiger partial charge in [-0.05, 0) is 36.8 Å². The van der Waals surface area contributed by atoms with Crippen LogP contribution in [0.4, 0.5) is 0 Å². The van der Waals surface area contributed by atoms with E-state index in [1.807, 2.05) is 55.5 Å². The van der Waals surface area contributed by atoms with Gasteiger partial charge in [-0.15, -0.1) is 5.10 Å². The Morgan fingerprint density at radius 1 is 1.22 bits per heavy atom. The molecule has 0 aliphatic heterocycles. The second kappa shape index (κ2) is 6.75. The third kappa shape index (κ3) is 3.84. The van der Waals surface area contributed by atoms with E-state index in [-0.39, 0.29) is 5.91 Å². The van der Waals surface area contributed by atoms with E-state index in [2.05, 4.69) is 31.6 Å². The SMILES string of the molecule is Cc1ccc(-n2cc(C(=O)NCc3cccc(Br)c3)nn2)cc1. The van der Waals surface area contributed by atoms with Crippen molar-refractivity contribution in [3.8, 4) is 5.69 Å². The molecule has 0 atom stereocenters. The van der Waals surface area contributed by atoms with Crippen molar-refractivity contribution in [2.45, 2.75) is 13.5 Å². The van der Waals surface area contributed by atoms with E-state index < -0.39 is 0 Å². The Balaban J connectivity index is 1.67. The lowest BCUT2D eigenvalue weighted by molar-refractivity contribution is 0.0946. The molecule has 0 unspecified atom stereocenters. The summed E-state index contributed by atoms with van der Waals surface area (Å²) in [6, 6.07) is 15.6. The molecule has 5 nitrogen and oxygen atoms in total. The maximum absolute atomic E-state index is 12.2. The molecule has 0 spiro atoms. The lowest BCUT2D eigenvalue weighted by Crippen LogP contribution is -2.23. The number of benzene rings is 2. The molecule has 116 valence electrons. The van der Waals surface area contributed by atoms with Crippen molar-refractivity contribution >= 4 is 21.8 Å². The van der Waals surface area contributed by atoms with Gasteiger partial charge in [0.15, 0.2) is 5.69 Å². The molecule has 0 radical (unpaired) electrons. The van der Waals surface area contributed by atoms with Crippen molar-refractivity contribution in [1.29, 1.82) is 0 Å². The van der Waals surface area contributed by atoms with Crippen LogP contribution in [0.3, 0.4) is 0 Å². The van der Waals surface area contributed by atoms with Crippen molar-refractivity contribution in [3.05, 3.63) is 76.0 Å². The summed E-state index contributed by atoms with van der Waals surface area (Å²) in [5.41, 5.74) is 3.34. The molecule has 0 aliphatic carbocycles. The molecule has 1 heterocycles. The number of hydrogen-bond acceptors (Lipinski definition) is 3. The highest BCUT2D eigenvalue weighted by atomic mass is 79.9. The lowest BCUT2D eigenvalue weighted by Gasteiger charge is -2.03. The first-order chi connectivity index (χ1) is 11.1. The van der Waals surface area contributed by atoms with E-state index in [0.717, 1.165) is 15.7 Å². The summed E-state index contributed by atoms with van der Waals surface area (Å²) in [6.45, 7) is 2.46. The van der Waals surface area contributed by atoms with Crippen LogP contribution in [0.5, 0.6) is 0 Å². The Morgan fingerprint density at radius 2 is 2.00 bits per heavy atom. The number of aromatic nitrogens is 3. The van der Waals surface area contributed by atoms with Crippen molar-refractivity contribution in [3.63, 3.8) is 0 Å². The minimum atomic E-state index is -0.247. The Morgan fingerprint density at radius 3 is 2.74 bits per heavy atom. The maximum atomic E-state index is 12.2. The van der Waals surface area contributed by atoms with Gasteiger partial charge in [-0.2, -0.15) is 0 Å². The van der Waals surface area contributed by atoms with Crippen molar-refractivity contribution in [2.75, 3.05) is 0 Å². The summed E-state index contributed by atoms with van der Waals surface area (Å²) in [4.78, 5) is 12.2. The van der Waals surface area contributed by atoms with Crippen LogP contribution in [-0.4, -0.2) is 20.9 Å². The van der Waals surface area contributed by atoms with Crippen molar-refractivity contribution in [1.82, 2.24) is 20.3 Å². The van der Waals surface area contributed by atoms with E-state index in [9.17, 15) is 4.79 Å². The summed E-state index contributed by atoms with van der Waals surface area (Å²) >= 11 is 3.41. The molecule has 3 aromatic rings. The predicted octanol–water partition coefficient (Wildman–Crippen LogP) is 3.27. The molecule has 0 saturated heterocycles. The zero-order chi connectivity index (χ0) is 16.2. The standard InChI is InChI=1S/C17H15BrN4O/c1-12-5-7-15(8-6-12)22-11-16(20-21-22)17(23)19-10-13-3-2-4-14(18)9-13/h2-9,11H,10H2,1H3,(H,19,23). The highest BCUT2D eigenvalue weighted by Crippen LogP contribution is 2.12. The third-order valence-electron chi connectivity index (χ3n) is 3.37. The maximum Gasteiger partial charge on any atom is 0.273 e. The highest BCUT2D eigenvalue weighted by Gasteiger charge is 2.11. The van der Waals surface area contributed by atoms with Crippen LogP contribution in [-0.2, 0) is 6.54 Å². The van der Waals surface area contributed by atoms with Crippen LogP contribution in [0.1, 0.15) is 21.6 Å². The number of halogens is 1. The Labute approximate surface area is 142 Å². The molecular weight excluding hydrogens is 356 g/mol. The van der Waals surface area contributed by atoms with E-state index in [0.29, 0.717) is 12.2 Å². The number of rotatable bonds is 4. The topological polar surface area (TPSA) is 59.8 Å². The zero-order valence-electron chi connectivity index (χ0n) is 12.5. The third-order valence-corrected chi connectivity index (χ3v) is 3.86. The Hall–Kier alpha value is -2.47. The van der Waals surface area contributed by atoms with Gasteiger partial charge in [-0.3, -0.25) is 4.79 Å². The van der Waals surface area contributed by atoms with E-state index in [1.54, 1.807) is 10.9 Å². The number of hydrogen-bond donors (Lipinski definition) is 1. The number of nitrogens with one attached hydrogen (secondary N) is 1. The normalized spacial score (nSPS) is 10.5. The Bertz CT molecular complexity index is 827. The monoisotopic (exact) mass is 370 g/mol. The van der Waals surface area contributed by atoms with Gasteiger partial charge in [0.25, 0.3) is 5.91 Å². The molecule has 1 N–H and O–H groups in total. The number of aryl methyl sites for hydroxylation is 1. The minimum absolute atomic E-state index is 0.247. The molecule has 2 aromatic carbocycles. The fourth-order valence-corrected chi connectivity index (χ4v) is 2.56. The van der Waals surface area contributed by atoms with Gasteiger partial charge in [0, 0.05) is 11.0 Å². The summed E-state index contributed by atoms with van der Waals surface area (Å²) in [7, 11) is 0. The summed E-state index contributed by atoms with van der Waals surface area (Å²) in [6.07, 6.45) is 1.63. The average molecular weight is 371 g/mol. The summed E-state index contributed by atoms with van der Waals surface area (Å²) < 4.78 is 2.57. The number of amides is 1. The van der Waals surface area contributed by atoms with Crippen LogP contribution in [0, 0.1) is 6.92 Å². The molecule has 0 saturated carbocycles. The second-order valence-electron chi connectivity index (χ2n) is 5.20. The van der Waals surface area contributed by atoms with E-state index >= 15 is 0 Å². The summed E-state index contributed by atoms with van der Waals surface area (Å²) in [5, 5.41) is 10.8. The number of carbonyl (C=O) groups is 1. The Kier molecular flexibility index (Phi) is 4.52. The van der Waals surface area contributed by atoms with E-state index in [4.69, 9.17) is 0 Å². The zero-order valence-corrected chi connectivity index (χ0v) is 14.1. The first-order valence-corrected chi connectivity index (χ1v) is 7.93. The molecule has 1 amide bonds. The first-order valence-electron chi connectivity index (χ1n) is 7.14. The van der Waals surface area contributed by atoms with Gasteiger partial charge in [0.1, 0.15) is 0 Å². The smallest absolute Gasteiger partial charge is 0.273 e. The van der Waals surface area contributed by atoms with Gasteiger partial charge >= 0.3 is 0 Å². The highest BCUT2D eigenvalue weighted by molar-refractivity contribution is 9.10. The molecule has 3 rings (SSSR count). The fourth-order valence-electron chi connectivity index (χ4n) is 2.11. The molecule has 1 aromatic heterocycles. The van der Waals surface area contributed by atoms with E-state index in [1.165, 1.54) is 5.56 Å². The predicted molar refractivity (Wildman–Crippen MR) is 91.4 cm³/mol. The van der Waals surface area contributed by atoms with Crippen LogP contribution >= 0.6 is 15.9 Å². The molecule has 0 aliphatic rings. The quantitative estimate of drug-likeness (QED) is 0.766. The van der Waals surface area contributed by atoms with Crippen LogP contribution in [0.25, 0.3) is 5.69 Å². The van der Waals surface area contributed by atoms with Crippen LogP contribution in [0.15, 0.2) is 59.2 Å². The average Bonchev–Trinajstić information content (AvgIpc) is 3.03. The second-order valence-corrected chi connectivity index (χ2v) is 6.11.